The van der Waals surface area contributed by atoms with Gasteiger partial charge in [0.1, 0.15) is 11.9 Å². The number of nitriles is 1. The number of nitrogens with zero attached hydrogens (tertiary/aromatic N) is 4. The van der Waals surface area contributed by atoms with Crippen molar-refractivity contribution in [1.29, 1.82) is 5.26 Å². The van der Waals surface area contributed by atoms with Gasteiger partial charge in [0.05, 0.1) is 11.3 Å². The van der Waals surface area contributed by atoms with E-state index in [2.05, 4.69) is 28.3 Å². The minimum Gasteiger partial charge on any atom is -0.354 e. The van der Waals surface area contributed by atoms with E-state index in [1.54, 1.807) is 12.3 Å². The SMILES string of the molecule is CCCNc1ncc(C)c(N(C)c2ccccc2C#N)n1. The van der Waals surface area contributed by atoms with Crippen LogP contribution in [0.4, 0.5) is 17.5 Å². The first-order chi connectivity index (χ1) is 10.2. The lowest BCUT2D eigenvalue weighted by atomic mass is 10.1. The van der Waals surface area contributed by atoms with E-state index >= 15 is 0 Å². The Morgan fingerprint density at radius 2 is 2.10 bits per heavy atom. The maximum absolute atomic E-state index is 9.23. The third kappa shape index (κ3) is 3.29. The summed E-state index contributed by atoms with van der Waals surface area (Å²) in [5, 5.41) is 12.4. The van der Waals surface area contributed by atoms with Gasteiger partial charge in [0.2, 0.25) is 5.95 Å². The molecule has 21 heavy (non-hydrogen) atoms. The number of hydrogen-bond donors (Lipinski definition) is 1. The van der Waals surface area contributed by atoms with Crippen LogP contribution in [-0.2, 0) is 0 Å². The van der Waals surface area contributed by atoms with E-state index in [0.29, 0.717) is 11.5 Å². The molecule has 108 valence electrons. The molecule has 0 radical (unpaired) electrons. The Morgan fingerprint density at radius 1 is 1.33 bits per heavy atom. The van der Waals surface area contributed by atoms with Gasteiger partial charge in [0.25, 0.3) is 0 Å². The van der Waals surface area contributed by atoms with Crippen molar-refractivity contribution in [1.82, 2.24) is 9.97 Å². The highest BCUT2D eigenvalue weighted by Crippen LogP contribution is 2.27. The van der Waals surface area contributed by atoms with E-state index in [9.17, 15) is 5.26 Å². The molecule has 0 amide bonds. The van der Waals surface area contributed by atoms with Gasteiger partial charge in [-0.2, -0.15) is 10.2 Å². The number of rotatable bonds is 5. The molecule has 0 bridgehead atoms. The van der Waals surface area contributed by atoms with Crippen LogP contribution in [0, 0.1) is 18.3 Å². The van der Waals surface area contributed by atoms with Crippen LogP contribution < -0.4 is 10.2 Å². The molecule has 5 heteroatoms. The minimum absolute atomic E-state index is 0.610. The summed E-state index contributed by atoms with van der Waals surface area (Å²) in [6.07, 6.45) is 2.81. The molecule has 0 unspecified atom stereocenters. The van der Waals surface area contributed by atoms with Crippen molar-refractivity contribution < 1.29 is 0 Å². The summed E-state index contributed by atoms with van der Waals surface area (Å²) in [4.78, 5) is 10.8. The van der Waals surface area contributed by atoms with Crippen LogP contribution in [-0.4, -0.2) is 23.6 Å². The average molecular weight is 281 g/mol. The molecule has 1 N–H and O–H groups in total. The monoisotopic (exact) mass is 281 g/mol. The van der Waals surface area contributed by atoms with Crippen LogP contribution in [0.15, 0.2) is 30.5 Å². The van der Waals surface area contributed by atoms with Crippen molar-refractivity contribution >= 4 is 17.5 Å². The van der Waals surface area contributed by atoms with Crippen molar-refractivity contribution in [2.45, 2.75) is 20.3 Å². The molecule has 0 aliphatic rings. The number of anilines is 3. The quantitative estimate of drug-likeness (QED) is 0.911. The van der Waals surface area contributed by atoms with E-state index in [0.717, 1.165) is 30.0 Å². The number of aryl methyl sites for hydroxylation is 1. The third-order valence-corrected chi connectivity index (χ3v) is 3.18. The molecule has 0 saturated carbocycles. The molecular formula is C16H19N5. The van der Waals surface area contributed by atoms with Crippen LogP contribution >= 0.6 is 0 Å². The second-order valence-electron chi connectivity index (χ2n) is 4.81. The van der Waals surface area contributed by atoms with E-state index < -0.39 is 0 Å². The summed E-state index contributed by atoms with van der Waals surface area (Å²) in [5.41, 5.74) is 2.43. The molecule has 0 aliphatic carbocycles. The fourth-order valence-corrected chi connectivity index (χ4v) is 2.07. The Morgan fingerprint density at radius 3 is 2.81 bits per heavy atom. The summed E-state index contributed by atoms with van der Waals surface area (Å²) in [6, 6.07) is 9.71. The largest absolute Gasteiger partial charge is 0.354 e. The summed E-state index contributed by atoms with van der Waals surface area (Å²) in [7, 11) is 1.91. The molecule has 1 aromatic carbocycles. The average Bonchev–Trinajstić information content (AvgIpc) is 2.53. The molecule has 0 fully saturated rings. The Kier molecular flexibility index (Phi) is 4.72. The van der Waals surface area contributed by atoms with Gasteiger partial charge in [-0.15, -0.1) is 0 Å². The van der Waals surface area contributed by atoms with E-state index in [1.165, 1.54) is 0 Å². The predicted molar refractivity (Wildman–Crippen MR) is 84.8 cm³/mol. The van der Waals surface area contributed by atoms with Crippen LogP contribution in [0.3, 0.4) is 0 Å². The maximum atomic E-state index is 9.23. The molecule has 2 rings (SSSR count). The fraction of sp³-hybridized carbons (Fsp3) is 0.312. The van der Waals surface area contributed by atoms with Gasteiger partial charge in [0.15, 0.2) is 0 Å². The standard InChI is InChI=1S/C16H19N5/c1-4-9-18-16-19-11-12(2)15(20-16)21(3)14-8-6-5-7-13(14)10-17/h5-8,11H,4,9H2,1-3H3,(H,18,19,20). The number of nitrogens with one attached hydrogen (secondary N) is 1. The highest BCUT2D eigenvalue weighted by atomic mass is 15.2. The van der Waals surface area contributed by atoms with E-state index in [-0.39, 0.29) is 0 Å². The Labute approximate surface area is 125 Å². The van der Waals surface area contributed by atoms with Gasteiger partial charge < -0.3 is 10.2 Å². The molecule has 1 heterocycles. The molecule has 1 aromatic heterocycles. The number of hydrogen-bond acceptors (Lipinski definition) is 5. The molecule has 0 saturated heterocycles. The van der Waals surface area contributed by atoms with Gasteiger partial charge >= 0.3 is 0 Å². The summed E-state index contributed by atoms with van der Waals surface area (Å²) in [6.45, 7) is 4.89. The second kappa shape index (κ2) is 6.71. The topological polar surface area (TPSA) is 64.8 Å². The van der Waals surface area contributed by atoms with E-state index in [1.807, 2.05) is 37.1 Å². The smallest absolute Gasteiger partial charge is 0.224 e. The third-order valence-electron chi connectivity index (χ3n) is 3.18. The molecule has 0 atom stereocenters. The van der Waals surface area contributed by atoms with Crippen molar-refractivity contribution in [3.05, 3.63) is 41.6 Å². The molecule has 0 spiro atoms. The van der Waals surface area contributed by atoms with Crippen molar-refractivity contribution in [2.75, 3.05) is 23.8 Å². The Hall–Kier alpha value is -2.61. The lowest BCUT2D eigenvalue weighted by Crippen LogP contribution is -2.16. The maximum Gasteiger partial charge on any atom is 0.224 e. The summed E-state index contributed by atoms with van der Waals surface area (Å²) in [5.74, 6) is 1.41. The van der Waals surface area contributed by atoms with Gasteiger partial charge in [-0.3, -0.25) is 0 Å². The minimum atomic E-state index is 0.610. The van der Waals surface area contributed by atoms with Crippen LogP contribution in [0.25, 0.3) is 0 Å². The summed E-state index contributed by atoms with van der Waals surface area (Å²) >= 11 is 0. The van der Waals surface area contributed by atoms with Crippen molar-refractivity contribution in [3.63, 3.8) is 0 Å². The van der Waals surface area contributed by atoms with Crippen LogP contribution in [0.2, 0.25) is 0 Å². The first-order valence-electron chi connectivity index (χ1n) is 6.97. The Balaban J connectivity index is 2.38. The molecular weight excluding hydrogens is 262 g/mol. The zero-order valence-corrected chi connectivity index (χ0v) is 12.6. The van der Waals surface area contributed by atoms with Crippen molar-refractivity contribution in [2.24, 2.45) is 0 Å². The zero-order chi connectivity index (χ0) is 15.2. The number of para-hydroxylation sites is 1. The molecule has 5 nitrogen and oxygen atoms in total. The van der Waals surface area contributed by atoms with E-state index in [4.69, 9.17) is 0 Å². The predicted octanol–water partition coefficient (Wildman–Crippen LogP) is 3.25. The fourth-order valence-electron chi connectivity index (χ4n) is 2.07. The number of benzene rings is 1. The number of aromatic nitrogens is 2. The zero-order valence-electron chi connectivity index (χ0n) is 12.6. The first kappa shape index (κ1) is 14.8. The van der Waals surface area contributed by atoms with Gasteiger partial charge in [-0.1, -0.05) is 19.1 Å². The summed E-state index contributed by atoms with van der Waals surface area (Å²) < 4.78 is 0. The van der Waals surface area contributed by atoms with Crippen LogP contribution in [0.5, 0.6) is 0 Å². The molecule has 0 aliphatic heterocycles. The molecule has 2 aromatic rings. The second-order valence-corrected chi connectivity index (χ2v) is 4.81. The van der Waals surface area contributed by atoms with Gasteiger partial charge in [0, 0.05) is 25.4 Å². The van der Waals surface area contributed by atoms with Gasteiger partial charge in [-0.05, 0) is 25.5 Å². The first-order valence-corrected chi connectivity index (χ1v) is 6.97. The Bertz CT molecular complexity index is 660. The highest BCUT2D eigenvalue weighted by molar-refractivity contribution is 5.68. The van der Waals surface area contributed by atoms with Crippen LogP contribution in [0.1, 0.15) is 24.5 Å². The lowest BCUT2D eigenvalue weighted by Gasteiger charge is -2.21. The lowest BCUT2D eigenvalue weighted by molar-refractivity contribution is 0.944. The highest BCUT2D eigenvalue weighted by Gasteiger charge is 2.13. The van der Waals surface area contributed by atoms with Gasteiger partial charge in [-0.25, -0.2) is 4.98 Å². The normalized spacial score (nSPS) is 10.0. The van der Waals surface area contributed by atoms with Crippen molar-refractivity contribution in [3.8, 4) is 6.07 Å².